The molecule has 0 unspecified atom stereocenters. The van der Waals surface area contributed by atoms with Crippen molar-refractivity contribution < 1.29 is 23.7 Å². The van der Waals surface area contributed by atoms with E-state index in [4.69, 9.17) is 18.9 Å². The molecule has 0 radical (unpaired) electrons. The van der Waals surface area contributed by atoms with Gasteiger partial charge in [0.1, 0.15) is 23.7 Å². The average Bonchev–Trinajstić information content (AvgIpc) is 3.63. The number of hydrogen-bond donors (Lipinski definition) is 0. The molecule has 1 saturated carbocycles. The Morgan fingerprint density at radius 3 is 2.67 bits per heavy atom. The van der Waals surface area contributed by atoms with E-state index in [0.29, 0.717) is 31.5 Å². The van der Waals surface area contributed by atoms with Crippen molar-refractivity contribution in [2.45, 2.75) is 52.0 Å². The van der Waals surface area contributed by atoms with E-state index < -0.39 is 5.97 Å². The summed E-state index contributed by atoms with van der Waals surface area (Å²) in [6.07, 6.45) is 4.70. The topological polar surface area (TPSA) is 76.0 Å². The first-order valence-electron chi connectivity index (χ1n) is 11.8. The zero-order valence-corrected chi connectivity index (χ0v) is 19.9. The van der Waals surface area contributed by atoms with Gasteiger partial charge in [0.2, 0.25) is 0 Å². The summed E-state index contributed by atoms with van der Waals surface area (Å²) in [5.41, 5.74) is 2.47. The van der Waals surface area contributed by atoms with E-state index in [1.807, 2.05) is 10.6 Å². The molecule has 7 nitrogen and oxygen atoms in total. The highest BCUT2D eigenvalue weighted by Gasteiger charge is 2.32. The molecular weight excluding hydrogens is 422 g/mol. The van der Waals surface area contributed by atoms with E-state index >= 15 is 0 Å². The number of carbonyl (C=O) groups excluding carboxylic acids is 1. The van der Waals surface area contributed by atoms with Crippen molar-refractivity contribution in [3.8, 4) is 22.8 Å². The number of rotatable bonds is 9. The molecule has 178 valence electrons. The Labute approximate surface area is 194 Å². The molecule has 1 aromatic carbocycles. The number of carbonyl (C=O) groups is 1. The Morgan fingerprint density at radius 1 is 1.21 bits per heavy atom. The molecule has 1 aromatic heterocycles. The Balaban J connectivity index is 1.81. The minimum atomic E-state index is -0.593. The molecule has 1 fully saturated rings. The number of nitrogens with zero attached hydrogens (tertiary/aromatic N) is 1. The highest BCUT2D eigenvalue weighted by molar-refractivity contribution is 5.89. The molecule has 0 saturated heterocycles. The van der Waals surface area contributed by atoms with Gasteiger partial charge < -0.3 is 23.5 Å². The van der Waals surface area contributed by atoms with E-state index in [9.17, 15) is 9.59 Å². The quantitative estimate of drug-likeness (QED) is 0.407. The largest absolute Gasteiger partial charge is 0.493 e. The second-order valence-electron chi connectivity index (χ2n) is 9.04. The summed E-state index contributed by atoms with van der Waals surface area (Å²) >= 11 is 0. The van der Waals surface area contributed by atoms with Crippen LogP contribution in [0.25, 0.3) is 11.3 Å². The Kier molecular flexibility index (Phi) is 7.08. The van der Waals surface area contributed by atoms with Gasteiger partial charge in [-0.2, -0.15) is 0 Å². The monoisotopic (exact) mass is 455 g/mol. The molecular formula is C26H33NO6. The lowest BCUT2D eigenvalue weighted by molar-refractivity contribution is 0.0523. The van der Waals surface area contributed by atoms with Crippen molar-refractivity contribution in [1.29, 1.82) is 0 Å². The molecule has 0 spiro atoms. The van der Waals surface area contributed by atoms with Crippen LogP contribution in [-0.2, 0) is 9.47 Å². The van der Waals surface area contributed by atoms with Crippen molar-refractivity contribution >= 4 is 5.97 Å². The van der Waals surface area contributed by atoms with E-state index in [2.05, 4.69) is 19.9 Å². The normalized spacial score (nSPS) is 17.1. The SMILES string of the molecule is CCOC(=O)c1cn2c(cc1=O)-c1cc(C3CC3)c(OCCCOC)cc1OC[C@H]2C(C)C. The van der Waals surface area contributed by atoms with Crippen LogP contribution in [0.15, 0.2) is 29.2 Å². The molecule has 1 aliphatic heterocycles. The fourth-order valence-corrected chi connectivity index (χ4v) is 4.29. The number of ether oxygens (including phenoxy) is 4. The van der Waals surface area contributed by atoms with Crippen molar-refractivity contribution in [2.24, 2.45) is 5.92 Å². The number of esters is 1. The van der Waals surface area contributed by atoms with Gasteiger partial charge in [-0.3, -0.25) is 4.79 Å². The second-order valence-corrected chi connectivity index (χ2v) is 9.04. The van der Waals surface area contributed by atoms with Gasteiger partial charge in [-0.25, -0.2) is 4.79 Å². The van der Waals surface area contributed by atoms with Crippen LogP contribution >= 0.6 is 0 Å². The van der Waals surface area contributed by atoms with Crippen LogP contribution < -0.4 is 14.9 Å². The number of aromatic nitrogens is 1. The maximum absolute atomic E-state index is 12.9. The van der Waals surface area contributed by atoms with Crippen LogP contribution in [-0.4, -0.2) is 44.1 Å². The van der Waals surface area contributed by atoms with Gasteiger partial charge in [0, 0.05) is 44.0 Å². The molecule has 1 atom stereocenters. The van der Waals surface area contributed by atoms with Crippen LogP contribution in [0.4, 0.5) is 0 Å². The summed E-state index contributed by atoms with van der Waals surface area (Å²) in [7, 11) is 1.68. The summed E-state index contributed by atoms with van der Waals surface area (Å²) in [6, 6.07) is 5.57. The number of pyridine rings is 1. The summed E-state index contributed by atoms with van der Waals surface area (Å²) < 4.78 is 24.7. The fourth-order valence-electron chi connectivity index (χ4n) is 4.29. The third kappa shape index (κ3) is 4.93. The minimum absolute atomic E-state index is 0.0448. The predicted octanol–water partition coefficient (Wildman–Crippen LogP) is 4.57. The maximum Gasteiger partial charge on any atom is 0.343 e. The minimum Gasteiger partial charge on any atom is -0.493 e. The highest BCUT2D eigenvalue weighted by atomic mass is 16.5. The van der Waals surface area contributed by atoms with Gasteiger partial charge in [0.05, 0.1) is 24.9 Å². The van der Waals surface area contributed by atoms with Crippen molar-refractivity contribution in [2.75, 3.05) is 33.5 Å². The zero-order valence-electron chi connectivity index (χ0n) is 19.9. The first-order valence-corrected chi connectivity index (χ1v) is 11.8. The average molecular weight is 456 g/mol. The van der Waals surface area contributed by atoms with Crippen LogP contribution in [0.2, 0.25) is 0 Å². The van der Waals surface area contributed by atoms with E-state index in [1.165, 1.54) is 0 Å². The third-order valence-electron chi connectivity index (χ3n) is 6.27. The third-order valence-corrected chi connectivity index (χ3v) is 6.27. The molecule has 7 heteroatoms. The van der Waals surface area contributed by atoms with Gasteiger partial charge in [-0.05, 0) is 43.2 Å². The van der Waals surface area contributed by atoms with Gasteiger partial charge in [0.15, 0.2) is 5.43 Å². The molecule has 0 amide bonds. The standard InChI is InChI=1S/C26H33NO6/c1-5-31-26(29)20-14-27-21(12-23(20)28)19-11-18(17-7-8-17)24(32-10-6-9-30-4)13-25(19)33-15-22(27)16(2)3/h11-14,16-17,22H,5-10,15H2,1-4H3/t22-/m0/s1. The van der Waals surface area contributed by atoms with Crippen LogP contribution in [0.3, 0.4) is 0 Å². The summed E-state index contributed by atoms with van der Waals surface area (Å²) in [5, 5.41) is 0. The molecule has 1 aliphatic carbocycles. The van der Waals surface area contributed by atoms with Crippen LogP contribution in [0.5, 0.6) is 11.5 Å². The summed E-state index contributed by atoms with van der Waals surface area (Å²) in [6.45, 7) is 7.81. The predicted molar refractivity (Wildman–Crippen MR) is 125 cm³/mol. The molecule has 0 N–H and O–H groups in total. The smallest absolute Gasteiger partial charge is 0.343 e. The molecule has 33 heavy (non-hydrogen) atoms. The van der Waals surface area contributed by atoms with Gasteiger partial charge in [0.25, 0.3) is 0 Å². The van der Waals surface area contributed by atoms with Crippen molar-refractivity contribution in [3.05, 3.63) is 45.7 Å². The van der Waals surface area contributed by atoms with E-state index in [-0.39, 0.29) is 29.6 Å². The van der Waals surface area contributed by atoms with Gasteiger partial charge in [-0.1, -0.05) is 13.8 Å². The number of methoxy groups -OCH3 is 1. The molecule has 2 aliphatic rings. The lowest BCUT2D eigenvalue weighted by Gasteiger charge is -2.24. The second kappa shape index (κ2) is 10.00. The van der Waals surface area contributed by atoms with Crippen molar-refractivity contribution in [1.82, 2.24) is 4.57 Å². The zero-order chi connectivity index (χ0) is 23.5. The summed E-state index contributed by atoms with van der Waals surface area (Å²) in [4.78, 5) is 25.3. The van der Waals surface area contributed by atoms with Crippen LogP contribution in [0.1, 0.15) is 67.9 Å². The number of fused-ring (bicyclic) bond motifs is 3. The van der Waals surface area contributed by atoms with E-state index in [0.717, 1.165) is 41.8 Å². The number of hydrogen-bond acceptors (Lipinski definition) is 6. The highest BCUT2D eigenvalue weighted by Crippen LogP contribution is 2.49. The Hall–Kier alpha value is -2.80. The lowest BCUT2D eigenvalue weighted by atomic mass is 9.99. The van der Waals surface area contributed by atoms with E-state index in [1.54, 1.807) is 26.3 Å². The first-order chi connectivity index (χ1) is 15.9. The van der Waals surface area contributed by atoms with Crippen molar-refractivity contribution in [3.63, 3.8) is 0 Å². The summed E-state index contributed by atoms with van der Waals surface area (Å²) in [5.74, 6) is 1.62. The van der Waals surface area contributed by atoms with Crippen LogP contribution in [0, 0.1) is 5.92 Å². The maximum atomic E-state index is 12.9. The fraction of sp³-hybridized carbons (Fsp3) is 0.538. The molecule has 2 heterocycles. The molecule has 2 aromatic rings. The number of benzene rings is 1. The molecule has 0 bridgehead atoms. The lowest BCUT2D eigenvalue weighted by Crippen LogP contribution is -2.26. The Bertz CT molecular complexity index is 1070. The van der Waals surface area contributed by atoms with Gasteiger partial charge >= 0.3 is 5.97 Å². The Morgan fingerprint density at radius 2 is 2.00 bits per heavy atom. The van der Waals surface area contributed by atoms with Gasteiger partial charge in [-0.15, -0.1) is 0 Å². The molecule has 4 rings (SSSR count). The first kappa shape index (κ1) is 23.4.